The molecule has 7 rings (SSSR count). The Balaban J connectivity index is 1.40. The molecule has 0 bridgehead atoms. The van der Waals surface area contributed by atoms with Gasteiger partial charge in [0.2, 0.25) is 0 Å². The number of amides is 1. The van der Waals surface area contributed by atoms with Crippen LogP contribution in [0.1, 0.15) is 74.0 Å². The predicted molar refractivity (Wildman–Crippen MR) is 204 cm³/mol. The van der Waals surface area contributed by atoms with Gasteiger partial charge in [0.15, 0.2) is 0 Å². The molecule has 264 valence electrons. The minimum absolute atomic E-state index is 0.143. The maximum atomic E-state index is 15.1. The minimum Gasteiger partial charge on any atom is -0.494 e. The lowest BCUT2D eigenvalue weighted by Crippen LogP contribution is -2.43. The third-order valence-corrected chi connectivity index (χ3v) is 11.2. The van der Waals surface area contributed by atoms with E-state index in [9.17, 15) is 9.90 Å². The number of rotatable bonds is 8. The fourth-order valence-corrected chi connectivity index (χ4v) is 8.33. The summed E-state index contributed by atoms with van der Waals surface area (Å²) >= 11 is 13.5. The average Bonchev–Trinajstić information content (AvgIpc) is 3.67. The molecule has 9 nitrogen and oxygen atoms in total. The largest absolute Gasteiger partial charge is 0.494 e. The van der Waals surface area contributed by atoms with Gasteiger partial charge in [-0.15, -0.1) is 0 Å². The molecule has 1 aliphatic rings. The second-order valence-corrected chi connectivity index (χ2v) is 14.7. The Morgan fingerprint density at radius 1 is 0.980 bits per heavy atom. The van der Waals surface area contributed by atoms with Gasteiger partial charge >= 0.3 is 5.97 Å². The molecular weight excluding hydrogens is 685 g/mol. The first-order chi connectivity index (χ1) is 24.2. The van der Waals surface area contributed by atoms with E-state index < -0.39 is 5.97 Å². The highest BCUT2D eigenvalue weighted by Gasteiger charge is 2.38. The second kappa shape index (κ2) is 12.8. The molecule has 4 heterocycles. The number of aromatic carboxylic acids is 1. The number of anilines is 1. The molecule has 6 aromatic rings. The van der Waals surface area contributed by atoms with Crippen molar-refractivity contribution >= 4 is 62.6 Å². The number of carboxylic acids is 1. The van der Waals surface area contributed by atoms with Crippen molar-refractivity contribution in [3.8, 4) is 16.9 Å². The van der Waals surface area contributed by atoms with Crippen LogP contribution in [-0.4, -0.2) is 49.0 Å². The molecule has 1 aliphatic heterocycles. The van der Waals surface area contributed by atoms with Crippen LogP contribution in [0.4, 0.5) is 5.69 Å². The Bertz CT molecular complexity index is 2410. The number of carbonyl (C=O) groups is 2. The van der Waals surface area contributed by atoms with Gasteiger partial charge in [0, 0.05) is 59.3 Å². The average molecular weight is 727 g/mol. The van der Waals surface area contributed by atoms with Gasteiger partial charge in [-0.3, -0.25) is 9.48 Å². The highest BCUT2D eigenvalue weighted by atomic mass is 35.5. The molecule has 51 heavy (non-hydrogen) atoms. The lowest BCUT2D eigenvalue weighted by molar-refractivity contribution is 0.0687. The summed E-state index contributed by atoms with van der Waals surface area (Å²) in [6.45, 7) is 12.9. The third-order valence-electron chi connectivity index (χ3n) is 10.3. The van der Waals surface area contributed by atoms with E-state index >= 15 is 4.79 Å². The molecule has 1 amide bonds. The van der Waals surface area contributed by atoms with Crippen LogP contribution in [0.2, 0.25) is 10.0 Å². The molecule has 0 radical (unpaired) electrons. The van der Waals surface area contributed by atoms with Gasteiger partial charge in [0.25, 0.3) is 5.91 Å². The van der Waals surface area contributed by atoms with E-state index in [0.29, 0.717) is 47.9 Å². The SMILES string of the molecule is Cc1cc(N2CC(C)n3c(c(CCCOc4cc(C)c(Cl)c(C)c4)c4ccc(Cl)c(-c5c(C)nn(C)c5C)c43)C2=O)c2c(c1)cc(C(=O)O)n2C. The van der Waals surface area contributed by atoms with E-state index in [1.54, 1.807) is 17.7 Å². The standard InChI is InChI=1S/C40H41Cl2N5O4/c1-20-14-26-18-32(40(49)50)44(7)36(26)31(15-20)46-19-23(4)47-37-29(11-12-30(41)34(37)33-24(5)43-45(8)25(33)6)28(38(47)39(46)48)10-9-13-51-27-16-21(2)35(42)22(3)17-27/h11-12,14-18,23H,9-10,13,19H2,1-8H3,(H,49,50). The lowest BCUT2D eigenvalue weighted by atomic mass is 9.98. The summed E-state index contributed by atoms with van der Waals surface area (Å²) in [5.41, 5.74) is 10.5. The van der Waals surface area contributed by atoms with E-state index in [0.717, 1.165) is 71.8 Å². The first-order valence-electron chi connectivity index (χ1n) is 17.1. The van der Waals surface area contributed by atoms with Crippen LogP contribution in [-0.2, 0) is 20.5 Å². The van der Waals surface area contributed by atoms with Crippen LogP contribution in [0.5, 0.6) is 5.75 Å². The summed E-state index contributed by atoms with van der Waals surface area (Å²) in [5, 5.41) is 17.7. The minimum atomic E-state index is -1.02. The first-order valence-corrected chi connectivity index (χ1v) is 17.9. The zero-order valence-electron chi connectivity index (χ0n) is 30.1. The van der Waals surface area contributed by atoms with Gasteiger partial charge in [0.05, 0.1) is 34.0 Å². The summed E-state index contributed by atoms with van der Waals surface area (Å²) in [4.78, 5) is 29.0. The van der Waals surface area contributed by atoms with Crippen molar-refractivity contribution in [2.24, 2.45) is 14.1 Å². The number of fused-ring (bicyclic) bond motifs is 4. The molecular formula is C40H41Cl2N5O4. The van der Waals surface area contributed by atoms with Crippen LogP contribution >= 0.6 is 23.2 Å². The van der Waals surface area contributed by atoms with Crippen LogP contribution < -0.4 is 9.64 Å². The Morgan fingerprint density at radius 2 is 1.69 bits per heavy atom. The van der Waals surface area contributed by atoms with Crippen LogP contribution in [0.25, 0.3) is 32.9 Å². The van der Waals surface area contributed by atoms with Crippen LogP contribution in [0.15, 0.2) is 42.5 Å². The van der Waals surface area contributed by atoms with E-state index in [2.05, 4.69) is 11.5 Å². The first kappa shape index (κ1) is 34.7. The van der Waals surface area contributed by atoms with E-state index in [1.807, 2.05) is 87.6 Å². The number of nitrogens with zero attached hydrogens (tertiary/aromatic N) is 5. The number of hydrogen-bond donors (Lipinski definition) is 1. The number of aryl methyl sites for hydroxylation is 7. The van der Waals surface area contributed by atoms with Crippen molar-refractivity contribution in [2.45, 2.75) is 60.4 Å². The monoisotopic (exact) mass is 725 g/mol. The molecule has 3 aromatic heterocycles. The van der Waals surface area contributed by atoms with Gasteiger partial charge in [-0.1, -0.05) is 29.3 Å². The molecule has 1 atom stereocenters. The Kier molecular flexibility index (Phi) is 8.71. The number of halogens is 2. The number of carboxylic acid groups (broad SMARTS) is 1. The van der Waals surface area contributed by atoms with E-state index in [-0.39, 0.29) is 17.6 Å². The fraction of sp³-hybridized carbons (Fsp3) is 0.325. The topological polar surface area (TPSA) is 94.5 Å². The Labute approximate surface area is 306 Å². The maximum absolute atomic E-state index is 15.1. The van der Waals surface area contributed by atoms with Gasteiger partial charge < -0.3 is 23.9 Å². The normalized spacial score (nSPS) is 14.6. The number of carbonyl (C=O) groups excluding carboxylic acids is 1. The molecule has 0 aliphatic carbocycles. The predicted octanol–water partition coefficient (Wildman–Crippen LogP) is 9.31. The summed E-state index contributed by atoms with van der Waals surface area (Å²) in [7, 11) is 3.66. The molecule has 11 heteroatoms. The summed E-state index contributed by atoms with van der Waals surface area (Å²) < 4.78 is 11.9. The molecule has 1 N–H and O–H groups in total. The highest BCUT2D eigenvalue weighted by Crippen LogP contribution is 2.46. The highest BCUT2D eigenvalue weighted by molar-refractivity contribution is 6.35. The number of hydrogen-bond acceptors (Lipinski definition) is 4. The molecule has 3 aromatic carbocycles. The van der Waals surface area contributed by atoms with E-state index in [4.69, 9.17) is 33.0 Å². The van der Waals surface area contributed by atoms with Crippen molar-refractivity contribution in [3.63, 3.8) is 0 Å². The van der Waals surface area contributed by atoms with Crippen LogP contribution in [0.3, 0.4) is 0 Å². The van der Waals surface area contributed by atoms with Crippen molar-refractivity contribution in [1.29, 1.82) is 0 Å². The Morgan fingerprint density at radius 3 is 2.33 bits per heavy atom. The Hall–Kier alpha value is -4.73. The van der Waals surface area contributed by atoms with Crippen LogP contribution in [0, 0.1) is 34.6 Å². The van der Waals surface area contributed by atoms with Gasteiger partial charge in [-0.05, 0) is 113 Å². The summed E-state index contributed by atoms with van der Waals surface area (Å²) in [6.07, 6.45) is 1.24. The van der Waals surface area contributed by atoms with Gasteiger partial charge in [-0.2, -0.15) is 5.10 Å². The third kappa shape index (κ3) is 5.58. The summed E-state index contributed by atoms with van der Waals surface area (Å²) in [6, 6.07) is 13.3. The zero-order valence-corrected chi connectivity index (χ0v) is 31.6. The lowest BCUT2D eigenvalue weighted by Gasteiger charge is -2.35. The van der Waals surface area contributed by atoms with Gasteiger partial charge in [0.1, 0.15) is 17.1 Å². The second-order valence-electron chi connectivity index (χ2n) is 13.9. The van der Waals surface area contributed by atoms with Crippen molar-refractivity contribution in [1.82, 2.24) is 18.9 Å². The smallest absolute Gasteiger partial charge is 0.352 e. The number of ether oxygens (including phenoxy) is 1. The van der Waals surface area contributed by atoms with E-state index in [1.165, 1.54) is 0 Å². The van der Waals surface area contributed by atoms with Gasteiger partial charge in [-0.25, -0.2) is 4.79 Å². The molecule has 1 unspecified atom stereocenters. The van der Waals surface area contributed by atoms with Crippen molar-refractivity contribution in [2.75, 3.05) is 18.1 Å². The molecule has 0 spiro atoms. The number of benzene rings is 3. The maximum Gasteiger partial charge on any atom is 0.352 e. The summed E-state index contributed by atoms with van der Waals surface area (Å²) in [5.74, 6) is -0.400. The van der Waals surface area contributed by atoms with Crippen molar-refractivity contribution in [3.05, 3.63) is 97.5 Å². The van der Waals surface area contributed by atoms with Crippen molar-refractivity contribution < 1.29 is 19.4 Å². The quantitative estimate of drug-likeness (QED) is 0.158. The fourth-order valence-electron chi connectivity index (χ4n) is 7.98. The molecule has 0 saturated heterocycles. The zero-order chi connectivity index (χ0) is 36.6. The molecule has 0 saturated carbocycles. The molecule has 0 fully saturated rings. The number of aromatic nitrogens is 4.